The van der Waals surface area contributed by atoms with Crippen LogP contribution in [0.2, 0.25) is 0 Å². The summed E-state index contributed by atoms with van der Waals surface area (Å²) in [5, 5.41) is 0. The van der Waals surface area contributed by atoms with Crippen molar-refractivity contribution in [3.05, 3.63) is 71.8 Å². The van der Waals surface area contributed by atoms with Crippen LogP contribution < -0.4 is 4.74 Å². The van der Waals surface area contributed by atoms with Crippen LogP contribution in [0.25, 0.3) is 6.08 Å². The number of nitrogens with zero attached hydrogens (tertiary/aromatic N) is 1. The number of hydrogen-bond donors (Lipinski definition) is 0. The lowest BCUT2D eigenvalue weighted by molar-refractivity contribution is 0.0231. The molecule has 0 saturated heterocycles. The van der Waals surface area contributed by atoms with Gasteiger partial charge >= 0.3 is 6.09 Å². The molecule has 1 amide bonds. The second-order valence-corrected chi connectivity index (χ2v) is 8.14. The van der Waals surface area contributed by atoms with Gasteiger partial charge in [0.25, 0.3) is 0 Å². The summed E-state index contributed by atoms with van der Waals surface area (Å²) in [5.74, 6) is 0.765. The highest BCUT2D eigenvalue weighted by atomic mass is 16.6. The maximum absolute atomic E-state index is 12.7. The SMILES string of the molecule is C=Cc1cc(CN(CCCC)C(=O)OC(C)(C)C)cc(OCc2ccccc2)c1. The zero-order valence-corrected chi connectivity index (χ0v) is 18.1. The van der Waals surface area contributed by atoms with Crippen molar-refractivity contribution in [2.24, 2.45) is 0 Å². The van der Waals surface area contributed by atoms with E-state index in [-0.39, 0.29) is 6.09 Å². The molecule has 0 aliphatic rings. The fourth-order valence-corrected chi connectivity index (χ4v) is 2.85. The molecule has 0 spiro atoms. The van der Waals surface area contributed by atoms with Crippen molar-refractivity contribution in [2.75, 3.05) is 6.54 Å². The molecular weight excluding hydrogens is 362 g/mol. The quantitative estimate of drug-likeness (QED) is 0.490. The van der Waals surface area contributed by atoms with Gasteiger partial charge in [-0.15, -0.1) is 0 Å². The maximum Gasteiger partial charge on any atom is 0.410 e. The van der Waals surface area contributed by atoms with E-state index < -0.39 is 5.60 Å². The van der Waals surface area contributed by atoms with Gasteiger partial charge in [0.2, 0.25) is 0 Å². The number of benzene rings is 2. The van der Waals surface area contributed by atoms with Crippen LogP contribution in [-0.4, -0.2) is 23.1 Å². The van der Waals surface area contributed by atoms with E-state index in [1.165, 1.54) is 0 Å². The zero-order valence-electron chi connectivity index (χ0n) is 18.1. The van der Waals surface area contributed by atoms with Gasteiger partial charge in [0.05, 0.1) is 0 Å². The predicted molar refractivity (Wildman–Crippen MR) is 119 cm³/mol. The van der Waals surface area contributed by atoms with Crippen molar-refractivity contribution in [3.8, 4) is 5.75 Å². The van der Waals surface area contributed by atoms with Crippen LogP contribution in [0.5, 0.6) is 5.75 Å². The van der Waals surface area contributed by atoms with Gasteiger partial charge in [-0.3, -0.25) is 0 Å². The normalized spacial score (nSPS) is 11.0. The highest BCUT2D eigenvalue weighted by molar-refractivity contribution is 5.68. The van der Waals surface area contributed by atoms with Gasteiger partial charge in [0.1, 0.15) is 18.0 Å². The predicted octanol–water partition coefficient (Wildman–Crippen LogP) is 6.45. The van der Waals surface area contributed by atoms with Gasteiger partial charge in [0, 0.05) is 13.1 Å². The molecule has 0 heterocycles. The van der Waals surface area contributed by atoms with E-state index in [0.29, 0.717) is 19.7 Å². The molecule has 156 valence electrons. The van der Waals surface area contributed by atoms with Crippen LogP contribution in [-0.2, 0) is 17.9 Å². The lowest BCUT2D eigenvalue weighted by atomic mass is 10.1. The number of unbranched alkanes of at least 4 members (excludes halogenated alkanes) is 1. The minimum Gasteiger partial charge on any atom is -0.489 e. The number of ether oxygens (including phenoxy) is 2. The Morgan fingerprint density at radius 2 is 1.83 bits per heavy atom. The van der Waals surface area contributed by atoms with Crippen molar-refractivity contribution in [2.45, 2.75) is 59.3 Å². The summed E-state index contributed by atoms with van der Waals surface area (Å²) in [4.78, 5) is 14.4. The molecule has 2 aromatic carbocycles. The van der Waals surface area contributed by atoms with Gasteiger partial charge in [0.15, 0.2) is 0 Å². The standard InChI is InChI=1S/C25H33NO3/c1-6-8-14-26(24(27)29-25(3,4)5)18-22-15-20(7-2)16-23(17-22)28-19-21-12-10-9-11-13-21/h7,9-13,15-17H,2,6,8,14,18-19H2,1,3-5H3. The fourth-order valence-electron chi connectivity index (χ4n) is 2.85. The molecule has 0 atom stereocenters. The first-order valence-electron chi connectivity index (χ1n) is 10.2. The van der Waals surface area contributed by atoms with E-state index in [1.54, 1.807) is 11.0 Å². The second kappa shape index (κ2) is 10.7. The molecule has 0 bridgehead atoms. The lowest BCUT2D eigenvalue weighted by Gasteiger charge is -2.27. The summed E-state index contributed by atoms with van der Waals surface area (Å²) in [6.07, 6.45) is 3.44. The van der Waals surface area contributed by atoms with Crippen molar-refractivity contribution in [3.63, 3.8) is 0 Å². The molecule has 29 heavy (non-hydrogen) atoms. The Morgan fingerprint density at radius 1 is 1.10 bits per heavy atom. The van der Waals surface area contributed by atoms with Crippen molar-refractivity contribution < 1.29 is 14.3 Å². The molecule has 0 aliphatic carbocycles. The van der Waals surface area contributed by atoms with Gasteiger partial charge < -0.3 is 14.4 Å². The summed E-state index contributed by atoms with van der Waals surface area (Å²) in [6.45, 7) is 13.3. The molecule has 0 aliphatic heterocycles. The third kappa shape index (κ3) is 8.02. The zero-order chi connectivity index (χ0) is 21.3. The molecule has 4 nitrogen and oxygen atoms in total. The van der Waals surface area contributed by atoms with Crippen molar-refractivity contribution in [1.29, 1.82) is 0 Å². The Morgan fingerprint density at radius 3 is 2.45 bits per heavy atom. The molecule has 0 saturated carbocycles. The highest BCUT2D eigenvalue weighted by Crippen LogP contribution is 2.22. The minimum atomic E-state index is -0.519. The van der Waals surface area contributed by atoms with E-state index in [4.69, 9.17) is 9.47 Å². The molecule has 0 unspecified atom stereocenters. The third-order valence-corrected chi connectivity index (χ3v) is 4.28. The van der Waals surface area contributed by atoms with Crippen LogP contribution in [0.15, 0.2) is 55.1 Å². The number of carbonyl (C=O) groups is 1. The summed E-state index contributed by atoms with van der Waals surface area (Å²) in [5.41, 5.74) is 2.54. The first kappa shape index (κ1) is 22.5. The Labute approximate surface area is 175 Å². The molecule has 2 rings (SSSR count). The van der Waals surface area contributed by atoms with Crippen LogP contribution >= 0.6 is 0 Å². The molecule has 0 N–H and O–H groups in total. The fraction of sp³-hybridized carbons (Fsp3) is 0.400. The lowest BCUT2D eigenvalue weighted by Crippen LogP contribution is -2.37. The van der Waals surface area contributed by atoms with Gasteiger partial charge in [-0.2, -0.15) is 0 Å². The van der Waals surface area contributed by atoms with Gasteiger partial charge in [-0.25, -0.2) is 4.79 Å². The first-order valence-corrected chi connectivity index (χ1v) is 10.2. The highest BCUT2D eigenvalue weighted by Gasteiger charge is 2.22. The monoisotopic (exact) mass is 395 g/mol. The Kier molecular flexibility index (Phi) is 8.32. The van der Waals surface area contributed by atoms with E-state index in [1.807, 2.05) is 69.3 Å². The van der Waals surface area contributed by atoms with Gasteiger partial charge in [-0.05, 0) is 62.1 Å². The average Bonchev–Trinajstić information content (AvgIpc) is 2.68. The van der Waals surface area contributed by atoms with E-state index in [9.17, 15) is 4.79 Å². The number of hydrogen-bond acceptors (Lipinski definition) is 3. The average molecular weight is 396 g/mol. The molecule has 4 heteroatoms. The molecule has 0 aromatic heterocycles. The third-order valence-electron chi connectivity index (χ3n) is 4.28. The number of rotatable bonds is 9. The Hall–Kier alpha value is -2.75. The number of carbonyl (C=O) groups excluding carboxylic acids is 1. The first-order chi connectivity index (χ1) is 13.8. The van der Waals surface area contributed by atoms with Crippen molar-refractivity contribution in [1.82, 2.24) is 4.90 Å². The summed E-state index contributed by atoms with van der Waals surface area (Å²) in [7, 11) is 0. The number of amides is 1. The van der Waals surface area contributed by atoms with Crippen LogP contribution in [0.3, 0.4) is 0 Å². The maximum atomic E-state index is 12.7. The topological polar surface area (TPSA) is 38.8 Å². The molecule has 0 radical (unpaired) electrons. The smallest absolute Gasteiger partial charge is 0.410 e. The van der Waals surface area contributed by atoms with E-state index in [2.05, 4.69) is 13.5 Å². The van der Waals surface area contributed by atoms with Crippen LogP contribution in [0, 0.1) is 0 Å². The Bertz CT molecular complexity index is 793. The molecular formula is C25H33NO3. The van der Waals surface area contributed by atoms with Gasteiger partial charge in [-0.1, -0.05) is 56.3 Å². The van der Waals surface area contributed by atoms with E-state index in [0.717, 1.165) is 35.3 Å². The molecule has 0 fully saturated rings. The van der Waals surface area contributed by atoms with E-state index >= 15 is 0 Å². The summed E-state index contributed by atoms with van der Waals surface area (Å²) in [6, 6.07) is 16.0. The molecule has 2 aromatic rings. The second-order valence-electron chi connectivity index (χ2n) is 8.14. The minimum absolute atomic E-state index is 0.290. The summed E-state index contributed by atoms with van der Waals surface area (Å²) < 4.78 is 11.6. The summed E-state index contributed by atoms with van der Waals surface area (Å²) >= 11 is 0. The largest absolute Gasteiger partial charge is 0.489 e. The Balaban J connectivity index is 2.16. The van der Waals surface area contributed by atoms with Crippen molar-refractivity contribution >= 4 is 12.2 Å². The van der Waals surface area contributed by atoms with Crippen LogP contribution in [0.1, 0.15) is 57.2 Å². The van der Waals surface area contributed by atoms with Crippen LogP contribution in [0.4, 0.5) is 4.79 Å².